The first-order chi connectivity index (χ1) is 12.7. The van der Waals surface area contributed by atoms with Crippen molar-refractivity contribution in [2.45, 2.75) is 17.9 Å². The van der Waals surface area contributed by atoms with Gasteiger partial charge in [-0.1, -0.05) is 0 Å². The summed E-state index contributed by atoms with van der Waals surface area (Å²) in [6, 6.07) is 4.17. The lowest BCUT2D eigenvalue weighted by atomic mass is 10.2. The molecule has 146 valence electrons. The summed E-state index contributed by atoms with van der Waals surface area (Å²) in [6.45, 7) is 1.22. The van der Waals surface area contributed by atoms with Crippen molar-refractivity contribution in [1.29, 1.82) is 0 Å². The van der Waals surface area contributed by atoms with Crippen molar-refractivity contribution in [2.24, 2.45) is 7.05 Å². The van der Waals surface area contributed by atoms with Gasteiger partial charge < -0.3 is 10.4 Å². The molecule has 0 radical (unpaired) electrons. The molecule has 2 rings (SSSR count). The summed E-state index contributed by atoms with van der Waals surface area (Å²) in [5.74, 6) is -2.98. The van der Waals surface area contributed by atoms with E-state index in [0.29, 0.717) is 9.58 Å². The third-order valence-electron chi connectivity index (χ3n) is 3.33. The Bertz CT molecular complexity index is 905. The van der Waals surface area contributed by atoms with Crippen LogP contribution in [-0.2, 0) is 11.9 Å². The Balaban J connectivity index is 2.41. The van der Waals surface area contributed by atoms with E-state index >= 15 is 0 Å². The average molecular weight is 400 g/mol. The molecule has 1 amide bonds. The molecule has 0 aliphatic heterocycles. The molecule has 0 saturated carbocycles. The molecular weight excluding hydrogens is 382 g/mol. The maximum absolute atomic E-state index is 14.5. The molecular formula is C16H18F2N4O4S. The molecule has 11 heteroatoms. The highest BCUT2D eigenvalue weighted by Gasteiger charge is 2.23. The quantitative estimate of drug-likeness (QED) is 0.479. The second kappa shape index (κ2) is 8.93. The number of thioether (sulfide) groups is 1. The van der Waals surface area contributed by atoms with E-state index in [2.05, 4.69) is 10.4 Å². The normalized spacial score (nSPS) is 11.9. The number of hydrogen-bond donors (Lipinski definition) is 3. The fourth-order valence-electron chi connectivity index (χ4n) is 2.01. The Labute approximate surface area is 157 Å². The highest BCUT2D eigenvalue weighted by Crippen LogP contribution is 2.26. The predicted octanol–water partition coefficient (Wildman–Crippen LogP) is 1.57. The first kappa shape index (κ1) is 20.8. The minimum atomic E-state index is -1.30. The maximum atomic E-state index is 14.5. The van der Waals surface area contributed by atoms with Crippen molar-refractivity contribution >= 4 is 29.0 Å². The molecule has 2 aromatic rings. The number of carbonyl (C=O) groups excluding carboxylic acids is 1. The molecule has 3 N–H and O–H groups in total. The van der Waals surface area contributed by atoms with Gasteiger partial charge in [-0.25, -0.2) is 14.6 Å². The van der Waals surface area contributed by atoms with Gasteiger partial charge in [0.05, 0.1) is 11.8 Å². The minimum absolute atomic E-state index is 0.138. The Hall–Kier alpha value is -2.50. The second-order valence-corrected chi connectivity index (χ2v) is 6.41. The number of aliphatic hydroxyl groups is 1. The van der Waals surface area contributed by atoms with Gasteiger partial charge in [0.2, 0.25) is 5.82 Å². The third kappa shape index (κ3) is 5.02. The van der Waals surface area contributed by atoms with Crippen LogP contribution in [0.15, 0.2) is 27.9 Å². The van der Waals surface area contributed by atoms with Crippen LogP contribution in [0.1, 0.15) is 17.4 Å². The van der Waals surface area contributed by atoms with Gasteiger partial charge in [0.1, 0.15) is 18.1 Å². The Morgan fingerprint density at radius 1 is 1.44 bits per heavy atom. The first-order valence-corrected chi connectivity index (χ1v) is 8.94. The zero-order valence-electron chi connectivity index (χ0n) is 14.7. The Morgan fingerprint density at radius 2 is 2.15 bits per heavy atom. The maximum Gasteiger partial charge on any atom is 0.304 e. The van der Waals surface area contributed by atoms with Crippen molar-refractivity contribution in [2.75, 3.05) is 18.2 Å². The van der Waals surface area contributed by atoms with E-state index in [1.54, 1.807) is 12.3 Å². The standard InChI is InChI=1S/C16H18F2N4O4S/c1-8(23)7-26-21-15(24)14-13(12(18)16(25)22(2)20-14)19-11-5-4-9(27-3)6-10(11)17/h4-6,8,19,23H,7H2,1-3H3,(H,21,24)/t8-/m0/s1. The van der Waals surface area contributed by atoms with Gasteiger partial charge >= 0.3 is 5.56 Å². The monoisotopic (exact) mass is 400 g/mol. The average Bonchev–Trinajstić information content (AvgIpc) is 2.62. The van der Waals surface area contributed by atoms with E-state index in [1.807, 2.05) is 5.48 Å². The molecule has 27 heavy (non-hydrogen) atoms. The topological polar surface area (TPSA) is 105 Å². The lowest BCUT2D eigenvalue weighted by Gasteiger charge is -2.14. The fraction of sp³-hybridized carbons (Fsp3) is 0.312. The van der Waals surface area contributed by atoms with Crippen LogP contribution >= 0.6 is 11.8 Å². The first-order valence-electron chi connectivity index (χ1n) is 7.72. The molecule has 0 saturated heterocycles. The molecule has 0 aliphatic carbocycles. The van der Waals surface area contributed by atoms with E-state index in [4.69, 9.17) is 9.94 Å². The number of aryl methyl sites for hydroxylation is 1. The van der Waals surface area contributed by atoms with E-state index in [9.17, 15) is 18.4 Å². The highest BCUT2D eigenvalue weighted by molar-refractivity contribution is 7.98. The fourth-order valence-corrected chi connectivity index (χ4v) is 2.43. The summed E-state index contributed by atoms with van der Waals surface area (Å²) in [5.41, 5.74) is -0.363. The molecule has 1 heterocycles. The summed E-state index contributed by atoms with van der Waals surface area (Å²) >= 11 is 1.32. The van der Waals surface area contributed by atoms with E-state index < -0.39 is 40.6 Å². The highest BCUT2D eigenvalue weighted by atomic mass is 32.2. The summed E-state index contributed by atoms with van der Waals surface area (Å²) < 4.78 is 29.3. The summed E-state index contributed by atoms with van der Waals surface area (Å²) in [5, 5.41) is 15.2. The van der Waals surface area contributed by atoms with Crippen LogP contribution in [0.5, 0.6) is 0 Å². The van der Waals surface area contributed by atoms with Crippen LogP contribution in [0.2, 0.25) is 0 Å². The third-order valence-corrected chi connectivity index (χ3v) is 4.05. The number of hydrogen-bond acceptors (Lipinski definition) is 7. The minimum Gasteiger partial charge on any atom is -0.391 e. The van der Waals surface area contributed by atoms with Gasteiger partial charge in [0.15, 0.2) is 5.69 Å². The van der Waals surface area contributed by atoms with Crippen LogP contribution in [0.4, 0.5) is 20.2 Å². The van der Waals surface area contributed by atoms with Gasteiger partial charge in [-0.05, 0) is 31.4 Å². The smallest absolute Gasteiger partial charge is 0.304 e. The van der Waals surface area contributed by atoms with Crippen molar-refractivity contribution in [3.05, 3.63) is 45.9 Å². The van der Waals surface area contributed by atoms with Gasteiger partial charge in [-0.3, -0.25) is 14.4 Å². The Morgan fingerprint density at radius 3 is 2.74 bits per heavy atom. The van der Waals surface area contributed by atoms with Gasteiger partial charge in [-0.15, -0.1) is 11.8 Å². The summed E-state index contributed by atoms with van der Waals surface area (Å²) in [6.07, 6.45) is 0.916. The van der Waals surface area contributed by atoms with E-state index in [0.717, 1.165) is 7.05 Å². The molecule has 0 bridgehead atoms. The number of nitrogens with one attached hydrogen (secondary N) is 2. The number of anilines is 2. The van der Waals surface area contributed by atoms with E-state index in [-0.39, 0.29) is 12.3 Å². The van der Waals surface area contributed by atoms with E-state index in [1.165, 1.54) is 30.8 Å². The van der Waals surface area contributed by atoms with Crippen LogP contribution in [0.25, 0.3) is 0 Å². The molecule has 1 aromatic carbocycles. The second-order valence-electron chi connectivity index (χ2n) is 5.53. The molecule has 0 unspecified atom stereocenters. The zero-order chi connectivity index (χ0) is 20.1. The SMILES string of the molecule is CSc1ccc(Nc2c(C(=O)NOC[C@H](C)O)nn(C)c(=O)c2F)c(F)c1. The zero-order valence-corrected chi connectivity index (χ0v) is 15.6. The number of benzene rings is 1. The number of nitrogens with zero attached hydrogens (tertiary/aromatic N) is 2. The number of carbonyl (C=O) groups is 1. The lowest BCUT2D eigenvalue weighted by Crippen LogP contribution is -2.33. The van der Waals surface area contributed by atoms with Crippen molar-refractivity contribution in [1.82, 2.24) is 15.3 Å². The molecule has 1 atom stereocenters. The number of halogens is 2. The van der Waals surface area contributed by atoms with Crippen molar-refractivity contribution in [3.63, 3.8) is 0 Å². The predicted molar refractivity (Wildman–Crippen MR) is 96.0 cm³/mol. The van der Waals surface area contributed by atoms with Crippen LogP contribution < -0.4 is 16.4 Å². The number of aromatic nitrogens is 2. The molecule has 0 spiro atoms. The summed E-state index contributed by atoms with van der Waals surface area (Å²) in [7, 11) is 1.16. The van der Waals surface area contributed by atoms with Gasteiger partial charge in [0, 0.05) is 11.9 Å². The number of rotatable bonds is 7. The van der Waals surface area contributed by atoms with Crippen LogP contribution in [0, 0.1) is 11.6 Å². The van der Waals surface area contributed by atoms with Crippen molar-refractivity contribution in [3.8, 4) is 0 Å². The molecule has 1 aromatic heterocycles. The number of amides is 1. The largest absolute Gasteiger partial charge is 0.391 e. The van der Waals surface area contributed by atoms with Crippen molar-refractivity contribution < 1.29 is 23.5 Å². The molecule has 8 nitrogen and oxygen atoms in total. The Kier molecular flexibility index (Phi) is 6.88. The number of aliphatic hydroxyl groups excluding tert-OH is 1. The van der Waals surface area contributed by atoms with Crippen LogP contribution in [-0.4, -0.2) is 39.8 Å². The number of hydroxylamine groups is 1. The molecule has 0 fully saturated rings. The van der Waals surface area contributed by atoms with Gasteiger partial charge in [0.25, 0.3) is 5.91 Å². The lowest BCUT2D eigenvalue weighted by molar-refractivity contribution is -0.00719. The summed E-state index contributed by atoms with van der Waals surface area (Å²) in [4.78, 5) is 29.5. The molecule has 0 aliphatic rings. The van der Waals surface area contributed by atoms with Gasteiger partial charge in [-0.2, -0.15) is 9.49 Å². The van der Waals surface area contributed by atoms with Crippen LogP contribution in [0.3, 0.4) is 0 Å².